The topological polar surface area (TPSA) is 80.3 Å². The normalized spacial score (nSPS) is 8.77. The molecule has 0 N–H and O–H groups in total. The number of carbonyl (C=O) groups is 2. The average Bonchev–Trinajstić information content (AvgIpc) is 1.87. The molecule has 0 atom stereocenters. The number of carboxylic acid groups (broad SMARTS) is 2. The molecule has 0 aliphatic carbocycles. The molecule has 0 radical (unpaired) electrons. The predicted octanol–water partition coefficient (Wildman–Crippen LogP) is -1.56. The summed E-state index contributed by atoms with van der Waals surface area (Å²) in [6.45, 7) is 0. The summed E-state index contributed by atoms with van der Waals surface area (Å²) in [6, 6.07) is 0. The Labute approximate surface area is 92.7 Å². The Morgan fingerprint density at radius 3 is 1.15 bits per heavy atom. The van der Waals surface area contributed by atoms with E-state index in [-0.39, 0.29) is 40.0 Å². The fraction of sp³-hybridized carbons (Fsp3) is 0. The maximum absolute atomic E-state index is 10.6. The van der Waals surface area contributed by atoms with Crippen molar-refractivity contribution in [1.82, 2.24) is 0 Å². The summed E-state index contributed by atoms with van der Waals surface area (Å²) < 4.78 is 21.3. The summed E-state index contributed by atoms with van der Waals surface area (Å²) in [5.41, 5.74) is 0. The molecule has 0 heterocycles. The summed E-state index contributed by atoms with van der Waals surface area (Å²) in [5, 5.41) is 18.3. The molecule has 0 unspecified atom stereocenters. The van der Waals surface area contributed by atoms with Crippen molar-refractivity contribution in [3.63, 3.8) is 0 Å². The van der Waals surface area contributed by atoms with Gasteiger partial charge < -0.3 is 19.8 Å². The van der Waals surface area contributed by atoms with Gasteiger partial charge in [-0.3, -0.25) is 0 Å². The number of hydrogen-bond donors (Lipinski definition) is 0. The Hall–Kier alpha value is -0.798. The van der Waals surface area contributed by atoms with Gasteiger partial charge in [-0.15, -0.1) is 0 Å². The molecule has 0 fully saturated rings. The molecular weight excluding hydrogens is 286 g/mol. The van der Waals surface area contributed by atoms with E-state index in [2.05, 4.69) is 0 Å². The molecule has 0 saturated carbocycles. The van der Waals surface area contributed by atoms with Crippen LogP contribution in [0.25, 0.3) is 0 Å². The van der Waals surface area contributed by atoms with Gasteiger partial charge in [0.1, 0.15) is 0 Å². The van der Waals surface area contributed by atoms with E-state index in [1.165, 1.54) is 0 Å². The SMILES string of the molecule is O=C([O-])C=CF.O=C([O-])C=CF.[Cd+2]. The van der Waals surface area contributed by atoms with Crippen molar-refractivity contribution in [3.05, 3.63) is 24.8 Å². The predicted molar refractivity (Wildman–Crippen MR) is 30.5 cm³/mol. The third kappa shape index (κ3) is 35.1. The minimum atomic E-state index is -1.52. The van der Waals surface area contributed by atoms with Gasteiger partial charge in [0.15, 0.2) is 0 Å². The molecule has 0 amide bonds. The van der Waals surface area contributed by atoms with Crippen molar-refractivity contribution in [2.24, 2.45) is 0 Å². The minimum absolute atomic E-state index is 0. The number of carboxylic acids is 2. The molecule has 0 spiro atoms. The standard InChI is InChI=1S/2C3H3FO2.Cd/c2*4-2-1-3(5)6;/h2*1-2H,(H,5,6);/q;;+2/p-2. The van der Waals surface area contributed by atoms with Gasteiger partial charge in [-0.2, -0.15) is 0 Å². The first-order valence-corrected chi connectivity index (χ1v) is 2.50. The fourth-order valence-electron chi connectivity index (χ4n) is 0.103. The minimum Gasteiger partial charge on any atom is -0.545 e. The van der Waals surface area contributed by atoms with Crippen molar-refractivity contribution in [2.75, 3.05) is 0 Å². The van der Waals surface area contributed by atoms with Gasteiger partial charge >= 0.3 is 27.3 Å². The maximum Gasteiger partial charge on any atom is 2.00 e. The number of aliphatic carboxylic acids is 2. The summed E-state index contributed by atoms with van der Waals surface area (Å²) in [4.78, 5) is 18.3. The Bertz CT molecular complexity index is 181. The first-order valence-electron chi connectivity index (χ1n) is 2.50. The van der Waals surface area contributed by atoms with E-state index in [0.29, 0.717) is 12.2 Å². The molecule has 0 aromatic heterocycles. The zero-order valence-corrected chi connectivity index (χ0v) is 10.4. The molecule has 0 saturated heterocycles. The van der Waals surface area contributed by atoms with Gasteiger partial charge in [-0.1, -0.05) is 0 Å². The fourth-order valence-corrected chi connectivity index (χ4v) is 0.103. The van der Waals surface area contributed by atoms with Crippen molar-refractivity contribution >= 4 is 11.9 Å². The zero-order chi connectivity index (χ0) is 9.98. The Balaban J connectivity index is -0.000000143. The van der Waals surface area contributed by atoms with Crippen LogP contribution in [-0.2, 0) is 36.9 Å². The first-order chi connectivity index (χ1) is 5.54. The van der Waals surface area contributed by atoms with Crippen LogP contribution in [0, 0.1) is 0 Å². The second-order valence-electron chi connectivity index (χ2n) is 1.22. The molecule has 0 aliphatic heterocycles. The molecule has 0 aromatic rings. The smallest absolute Gasteiger partial charge is 0.545 e. The third-order valence-electron chi connectivity index (χ3n) is 0.398. The number of rotatable bonds is 2. The van der Waals surface area contributed by atoms with E-state index in [4.69, 9.17) is 19.8 Å². The molecule has 68 valence electrons. The molecule has 0 bridgehead atoms. The van der Waals surface area contributed by atoms with Gasteiger partial charge in [0.25, 0.3) is 0 Å². The van der Waals surface area contributed by atoms with Crippen LogP contribution >= 0.6 is 0 Å². The summed E-state index contributed by atoms with van der Waals surface area (Å²) in [7, 11) is 0. The Morgan fingerprint density at radius 2 is 1.15 bits per heavy atom. The van der Waals surface area contributed by atoms with Gasteiger partial charge in [0.05, 0.1) is 24.6 Å². The van der Waals surface area contributed by atoms with Crippen LogP contribution in [-0.4, -0.2) is 11.9 Å². The third-order valence-corrected chi connectivity index (χ3v) is 0.398. The largest absolute Gasteiger partial charge is 2.00 e. The van der Waals surface area contributed by atoms with E-state index in [9.17, 15) is 8.78 Å². The van der Waals surface area contributed by atoms with E-state index in [1.807, 2.05) is 0 Å². The van der Waals surface area contributed by atoms with Crippen LogP contribution in [0.15, 0.2) is 24.8 Å². The zero-order valence-electron chi connectivity index (χ0n) is 6.41. The molecule has 0 aliphatic rings. The number of halogens is 2. The molecule has 0 aromatic carbocycles. The Morgan fingerprint density at radius 1 is 0.923 bits per heavy atom. The molecule has 4 nitrogen and oxygen atoms in total. The summed E-state index contributed by atoms with van der Waals surface area (Å²) in [5.74, 6) is -3.03. The molecule has 7 heteroatoms. The van der Waals surface area contributed by atoms with Gasteiger partial charge in [-0.05, 0) is 12.2 Å². The van der Waals surface area contributed by atoms with E-state index in [0.717, 1.165) is 0 Å². The van der Waals surface area contributed by atoms with E-state index < -0.39 is 11.9 Å². The Kier molecular flexibility index (Phi) is 19.2. The summed E-state index contributed by atoms with van der Waals surface area (Å²) >= 11 is 0. The van der Waals surface area contributed by atoms with Crippen LogP contribution in [0.5, 0.6) is 0 Å². The maximum atomic E-state index is 10.6. The second kappa shape index (κ2) is 13.8. The van der Waals surface area contributed by atoms with Crippen molar-refractivity contribution in [1.29, 1.82) is 0 Å². The van der Waals surface area contributed by atoms with Crippen LogP contribution in [0.1, 0.15) is 0 Å². The quantitative estimate of drug-likeness (QED) is 0.455. The number of carbonyl (C=O) groups excluding carboxylic acids is 2. The molecular formula is C6H4CdF2O4. The van der Waals surface area contributed by atoms with Crippen molar-refractivity contribution in [2.45, 2.75) is 0 Å². The van der Waals surface area contributed by atoms with Crippen LogP contribution in [0.4, 0.5) is 8.78 Å². The monoisotopic (exact) mass is 292 g/mol. The van der Waals surface area contributed by atoms with Gasteiger partial charge in [-0.25, -0.2) is 8.78 Å². The van der Waals surface area contributed by atoms with Crippen molar-refractivity contribution < 1.29 is 55.9 Å². The molecule has 0 rings (SSSR count). The second-order valence-corrected chi connectivity index (χ2v) is 1.22. The van der Waals surface area contributed by atoms with E-state index in [1.54, 1.807) is 0 Å². The molecule has 13 heavy (non-hydrogen) atoms. The van der Waals surface area contributed by atoms with Crippen LogP contribution < -0.4 is 10.2 Å². The average molecular weight is 291 g/mol. The van der Waals surface area contributed by atoms with Crippen LogP contribution in [0.3, 0.4) is 0 Å². The first kappa shape index (κ1) is 18.1. The van der Waals surface area contributed by atoms with Gasteiger partial charge in [0.2, 0.25) is 0 Å². The number of hydrogen-bond acceptors (Lipinski definition) is 4. The summed E-state index contributed by atoms with van der Waals surface area (Å²) in [6.07, 6.45) is 0.435. The van der Waals surface area contributed by atoms with Gasteiger partial charge in [0, 0.05) is 0 Å². The van der Waals surface area contributed by atoms with Crippen molar-refractivity contribution in [3.8, 4) is 0 Å². The van der Waals surface area contributed by atoms with E-state index >= 15 is 0 Å². The van der Waals surface area contributed by atoms with Crippen LogP contribution in [0.2, 0.25) is 0 Å².